The zero-order valence-electron chi connectivity index (χ0n) is 21.6. The molecule has 0 aliphatic carbocycles. The molecule has 1 aromatic heterocycles. The third-order valence-electron chi connectivity index (χ3n) is 5.76. The first kappa shape index (κ1) is 27.5. The van der Waals surface area contributed by atoms with Crippen LogP contribution in [0.25, 0.3) is 0 Å². The topological polar surface area (TPSA) is 80.7 Å². The predicted molar refractivity (Wildman–Crippen MR) is 132 cm³/mol. The third-order valence-corrected chi connectivity index (χ3v) is 7.37. The Morgan fingerprint density at radius 2 is 1.88 bits per heavy atom. The molecule has 2 rings (SSSR count). The summed E-state index contributed by atoms with van der Waals surface area (Å²) >= 11 is -1.18. The van der Waals surface area contributed by atoms with Crippen molar-refractivity contribution in [1.29, 1.82) is 0 Å². The molecule has 7 heteroatoms. The number of ether oxygens (including phenoxy) is 1. The standard InChI is InChI=1S/C25H45N3O3S/c1-23(2,3)19-12-14-26-21(16-19)20(27-32(30)25(7,8)9)11-10-18-13-15-28(17-18)22(29)31-24(4,5)6/h12,14,16,18,20,22,27,29H,10-11,13,15,17H2,1-9H3/t18-,20?,22?,32?/m0/s1. The van der Waals surface area contributed by atoms with Crippen LogP contribution in [-0.2, 0) is 21.5 Å². The minimum atomic E-state index is -1.18. The van der Waals surface area contributed by atoms with Crippen LogP contribution in [0.15, 0.2) is 18.3 Å². The van der Waals surface area contributed by atoms with Crippen molar-refractivity contribution in [1.82, 2.24) is 14.6 Å². The van der Waals surface area contributed by atoms with Gasteiger partial charge in [-0.25, -0.2) is 0 Å². The lowest BCUT2D eigenvalue weighted by atomic mass is 9.86. The Morgan fingerprint density at radius 3 is 2.44 bits per heavy atom. The van der Waals surface area contributed by atoms with Gasteiger partial charge in [0.15, 0.2) is 0 Å². The van der Waals surface area contributed by atoms with E-state index >= 15 is 0 Å². The molecule has 0 radical (unpaired) electrons. The normalized spacial score (nSPS) is 21.5. The average molecular weight is 468 g/mol. The van der Waals surface area contributed by atoms with Crippen LogP contribution in [0.4, 0.5) is 0 Å². The van der Waals surface area contributed by atoms with Gasteiger partial charge in [0.25, 0.3) is 0 Å². The SMILES string of the molecule is CC(C)(C)OC(O)N1CC[C@H](CCC(N[S+]([O-])C(C)(C)C)c2cc(C(C)(C)C)ccn2)C1. The third kappa shape index (κ3) is 8.58. The zero-order chi connectivity index (χ0) is 24.3. The van der Waals surface area contributed by atoms with Crippen molar-refractivity contribution in [2.45, 2.75) is 110 Å². The molecule has 184 valence electrons. The van der Waals surface area contributed by atoms with E-state index in [1.165, 1.54) is 5.56 Å². The van der Waals surface area contributed by atoms with Crippen LogP contribution < -0.4 is 4.72 Å². The molecular formula is C25H45N3O3S. The van der Waals surface area contributed by atoms with Crippen LogP contribution in [-0.4, -0.2) is 49.4 Å². The summed E-state index contributed by atoms with van der Waals surface area (Å²) in [6.45, 7) is 20.0. The number of hydrogen-bond donors (Lipinski definition) is 2. The van der Waals surface area contributed by atoms with E-state index in [9.17, 15) is 9.66 Å². The lowest BCUT2D eigenvalue weighted by Crippen LogP contribution is -2.42. The van der Waals surface area contributed by atoms with Crippen molar-refractivity contribution in [3.05, 3.63) is 29.6 Å². The van der Waals surface area contributed by atoms with Gasteiger partial charge in [-0.15, -0.1) is 4.72 Å². The van der Waals surface area contributed by atoms with E-state index in [0.717, 1.165) is 38.0 Å². The Labute approximate surface area is 198 Å². The maximum absolute atomic E-state index is 12.9. The van der Waals surface area contributed by atoms with E-state index in [0.29, 0.717) is 5.92 Å². The van der Waals surface area contributed by atoms with Crippen molar-refractivity contribution in [3.63, 3.8) is 0 Å². The quantitative estimate of drug-likeness (QED) is 0.427. The van der Waals surface area contributed by atoms with Gasteiger partial charge in [-0.2, -0.15) is 0 Å². The maximum Gasteiger partial charge on any atom is 0.216 e. The zero-order valence-corrected chi connectivity index (χ0v) is 22.4. The first-order valence-corrected chi connectivity index (χ1v) is 13.0. The minimum absolute atomic E-state index is 0.0283. The van der Waals surface area contributed by atoms with E-state index < -0.39 is 17.8 Å². The Balaban J connectivity index is 2.08. The highest BCUT2D eigenvalue weighted by atomic mass is 32.2. The van der Waals surface area contributed by atoms with Crippen molar-refractivity contribution in [2.24, 2.45) is 5.92 Å². The van der Waals surface area contributed by atoms with Crippen LogP contribution >= 0.6 is 0 Å². The van der Waals surface area contributed by atoms with E-state index in [2.05, 4.69) is 42.6 Å². The molecule has 3 unspecified atom stereocenters. The van der Waals surface area contributed by atoms with Gasteiger partial charge in [0.05, 0.1) is 17.3 Å². The number of aromatic nitrogens is 1. The Morgan fingerprint density at radius 1 is 1.22 bits per heavy atom. The van der Waals surface area contributed by atoms with Gasteiger partial charge in [-0.05, 0) is 89.8 Å². The number of aliphatic hydroxyl groups excluding tert-OH is 1. The summed E-state index contributed by atoms with van der Waals surface area (Å²) in [6.07, 6.45) is 3.83. The van der Waals surface area contributed by atoms with Gasteiger partial charge in [0.2, 0.25) is 6.41 Å². The van der Waals surface area contributed by atoms with Gasteiger partial charge in [0.1, 0.15) is 4.75 Å². The average Bonchev–Trinajstić information content (AvgIpc) is 3.11. The van der Waals surface area contributed by atoms with Gasteiger partial charge < -0.3 is 14.4 Å². The molecule has 0 amide bonds. The number of hydrogen-bond acceptors (Lipinski definition) is 6. The molecule has 2 heterocycles. The molecule has 1 saturated heterocycles. The minimum Gasteiger partial charge on any atom is -0.598 e. The Kier molecular flexibility index (Phi) is 9.21. The highest BCUT2D eigenvalue weighted by molar-refractivity contribution is 7.90. The van der Waals surface area contributed by atoms with Gasteiger partial charge in [0, 0.05) is 30.6 Å². The summed E-state index contributed by atoms with van der Waals surface area (Å²) in [6, 6.07) is 4.13. The van der Waals surface area contributed by atoms with Crippen LogP contribution in [0.3, 0.4) is 0 Å². The molecule has 0 spiro atoms. The number of nitrogens with one attached hydrogen (secondary N) is 1. The fourth-order valence-electron chi connectivity index (χ4n) is 3.77. The molecule has 32 heavy (non-hydrogen) atoms. The molecule has 1 aliphatic heterocycles. The molecule has 6 nitrogen and oxygen atoms in total. The van der Waals surface area contributed by atoms with Crippen LogP contribution in [0, 0.1) is 5.92 Å². The van der Waals surface area contributed by atoms with Crippen molar-refractivity contribution < 1.29 is 14.4 Å². The summed E-state index contributed by atoms with van der Waals surface area (Å²) in [5.74, 6) is 0.464. The highest BCUT2D eigenvalue weighted by Gasteiger charge is 2.33. The fraction of sp³-hybridized carbons (Fsp3) is 0.800. The monoisotopic (exact) mass is 467 g/mol. The lowest BCUT2D eigenvalue weighted by molar-refractivity contribution is -0.234. The van der Waals surface area contributed by atoms with Crippen molar-refractivity contribution in [2.75, 3.05) is 13.1 Å². The van der Waals surface area contributed by atoms with E-state index in [4.69, 9.17) is 4.74 Å². The van der Waals surface area contributed by atoms with Crippen LogP contribution in [0.2, 0.25) is 0 Å². The first-order chi connectivity index (χ1) is 14.6. The van der Waals surface area contributed by atoms with Crippen molar-refractivity contribution in [3.8, 4) is 0 Å². The maximum atomic E-state index is 12.9. The van der Waals surface area contributed by atoms with Crippen LogP contribution in [0.1, 0.15) is 98.9 Å². The second-order valence-corrected chi connectivity index (χ2v) is 14.1. The number of likely N-dealkylation sites (tertiary alicyclic amines) is 1. The fourth-order valence-corrected chi connectivity index (χ4v) is 4.62. The van der Waals surface area contributed by atoms with E-state index in [1.807, 2.05) is 52.6 Å². The first-order valence-electron chi connectivity index (χ1n) is 11.8. The Hall–Kier alpha value is -0.700. The molecule has 0 aromatic carbocycles. The molecule has 1 aliphatic rings. The molecule has 0 bridgehead atoms. The van der Waals surface area contributed by atoms with Crippen molar-refractivity contribution >= 4 is 11.4 Å². The molecule has 1 fully saturated rings. The molecular weight excluding hydrogens is 422 g/mol. The number of nitrogens with zero attached hydrogens (tertiary/aromatic N) is 2. The highest BCUT2D eigenvalue weighted by Crippen LogP contribution is 2.31. The summed E-state index contributed by atoms with van der Waals surface area (Å²) in [4.78, 5) is 6.65. The number of aliphatic hydroxyl groups is 1. The largest absolute Gasteiger partial charge is 0.598 e. The second-order valence-electron chi connectivity index (χ2n) is 12.1. The summed E-state index contributed by atoms with van der Waals surface area (Å²) in [5, 5.41) is 10.4. The molecule has 2 N–H and O–H groups in total. The summed E-state index contributed by atoms with van der Waals surface area (Å²) in [7, 11) is 0. The number of pyridine rings is 1. The molecule has 1 aromatic rings. The van der Waals surface area contributed by atoms with Crippen LogP contribution in [0.5, 0.6) is 0 Å². The van der Waals surface area contributed by atoms with E-state index in [-0.39, 0.29) is 21.8 Å². The summed E-state index contributed by atoms with van der Waals surface area (Å²) in [5.41, 5.74) is 1.82. The summed E-state index contributed by atoms with van der Waals surface area (Å²) < 4.78 is 21.6. The molecule has 4 atom stereocenters. The molecule has 0 saturated carbocycles. The predicted octanol–water partition coefficient (Wildman–Crippen LogP) is 4.67. The number of rotatable bonds is 8. The second kappa shape index (κ2) is 10.7. The van der Waals surface area contributed by atoms with Gasteiger partial charge >= 0.3 is 0 Å². The van der Waals surface area contributed by atoms with Gasteiger partial charge in [-0.3, -0.25) is 9.88 Å². The van der Waals surface area contributed by atoms with Gasteiger partial charge in [-0.1, -0.05) is 20.8 Å². The Bertz CT molecular complexity index is 724. The lowest BCUT2D eigenvalue weighted by Gasteiger charge is -2.30. The smallest absolute Gasteiger partial charge is 0.216 e. The van der Waals surface area contributed by atoms with E-state index in [1.54, 1.807) is 0 Å².